The first-order valence-corrected chi connectivity index (χ1v) is 7.55. The number of nitriles is 1. The number of hydrogen-bond donors (Lipinski definition) is 2. The predicted octanol–water partition coefficient (Wildman–Crippen LogP) is 3.28. The maximum absolute atomic E-state index is 12.5. The topological polar surface area (TPSA) is 94.5 Å². The molecule has 25 heavy (non-hydrogen) atoms. The molecule has 7 heteroatoms. The molecule has 0 aliphatic carbocycles. The summed E-state index contributed by atoms with van der Waals surface area (Å²) in [6, 6.07) is 15.2. The number of carbonyl (C=O) groups is 2. The molecule has 0 saturated heterocycles. The monoisotopic (exact) mass is 338 g/mol. The molecule has 0 aromatic heterocycles. The van der Waals surface area contributed by atoms with Crippen molar-refractivity contribution in [2.75, 3.05) is 23.8 Å². The zero-order chi connectivity index (χ0) is 18.2. The molecule has 0 atom stereocenters. The van der Waals surface area contributed by atoms with Crippen molar-refractivity contribution in [3.8, 4) is 11.8 Å². The standard InChI is InChI=1S/C18H18N4O3/c1-13-5-3-7-15(11-13)22(10-9-19)18(24)25-16-8-4-6-14(12-16)21-17(23)20-2/h3-8,11-12H,10H2,1-2H3,(H2,20,21,23). The van der Waals surface area contributed by atoms with Crippen LogP contribution in [0.1, 0.15) is 5.56 Å². The molecular weight excluding hydrogens is 320 g/mol. The van der Waals surface area contributed by atoms with E-state index in [1.54, 1.807) is 36.4 Å². The number of ether oxygens (including phenoxy) is 1. The van der Waals surface area contributed by atoms with Gasteiger partial charge in [0.05, 0.1) is 6.07 Å². The second-order valence-electron chi connectivity index (χ2n) is 5.18. The van der Waals surface area contributed by atoms with Crippen molar-refractivity contribution < 1.29 is 14.3 Å². The van der Waals surface area contributed by atoms with Gasteiger partial charge in [0.15, 0.2) is 0 Å². The molecule has 0 unspecified atom stereocenters. The first-order valence-electron chi connectivity index (χ1n) is 7.55. The Hall–Kier alpha value is -3.53. The van der Waals surface area contributed by atoms with E-state index >= 15 is 0 Å². The Bertz CT molecular complexity index is 814. The van der Waals surface area contributed by atoms with Crippen LogP contribution in [-0.2, 0) is 0 Å². The average molecular weight is 338 g/mol. The zero-order valence-corrected chi connectivity index (χ0v) is 13.9. The van der Waals surface area contributed by atoms with Gasteiger partial charge in [-0.2, -0.15) is 5.26 Å². The van der Waals surface area contributed by atoms with Gasteiger partial charge in [-0.3, -0.25) is 4.90 Å². The van der Waals surface area contributed by atoms with Gasteiger partial charge in [0.1, 0.15) is 12.3 Å². The number of benzene rings is 2. The van der Waals surface area contributed by atoms with E-state index in [9.17, 15) is 9.59 Å². The summed E-state index contributed by atoms with van der Waals surface area (Å²) >= 11 is 0. The third-order valence-corrected chi connectivity index (χ3v) is 3.29. The van der Waals surface area contributed by atoms with Crippen LogP contribution in [0.15, 0.2) is 48.5 Å². The predicted molar refractivity (Wildman–Crippen MR) is 94.7 cm³/mol. The van der Waals surface area contributed by atoms with Gasteiger partial charge in [-0.15, -0.1) is 0 Å². The van der Waals surface area contributed by atoms with Gasteiger partial charge in [-0.25, -0.2) is 9.59 Å². The number of nitrogens with zero attached hydrogens (tertiary/aromatic N) is 2. The van der Waals surface area contributed by atoms with Crippen molar-refractivity contribution in [3.05, 3.63) is 54.1 Å². The number of aryl methyl sites for hydroxylation is 1. The molecule has 2 rings (SSSR count). The fraction of sp³-hybridized carbons (Fsp3) is 0.167. The molecule has 3 amide bonds. The molecule has 7 nitrogen and oxygen atoms in total. The molecule has 0 aliphatic rings. The van der Waals surface area contributed by atoms with Crippen LogP contribution < -0.4 is 20.3 Å². The summed E-state index contributed by atoms with van der Waals surface area (Å²) in [4.78, 5) is 25.0. The van der Waals surface area contributed by atoms with Crippen LogP contribution in [0, 0.1) is 18.3 Å². The molecule has 0 bridgehead atoms. The van der Waals surface area contributed by atoms with Crippen LogP contribution in [-0.4, -0.2) is 25.7 Å². The van der Waals surface area contributed by atoms with E-state index in [-0.39, 0.29) is 18.3 Å². The largest absolute Gasteiger partial charge is 0.420 e. The highest BCUT2D eigenvalue weighted by Crippen LogP contribution is 2.21. The fourth-order valence-electron chi connectivity index (χ4n) is 2.11. The third kappa shape index (κ3) is 4.97. The minimum atomic E-state index is -0.677. The van der Waals surface area contributed by atoms with Crippen LogP contribution >= 0.6 is 0 Å². The number of carbonyl (C=O) groups excluding carboxylic acids is 2. The molecule has 0 radical (unpaired) electrons. The van der Waals surface area contributed by atoms with Crippen molar-refractivity contribution in [1.29, 1.82) is 5.26 Å². The smallest absolute Gasteiger partial charge is 0.410 e. The maximum Gasteiger partial charge on any atom is 0.420 e. The minimum Gasteiger partial charge on any atom is -0.410 e. The number of nitrogens with one attached hydrogen (secondary N) is 2. The number of urea groups is 1. The molecule has 2 aromatic rings. The highest BCUT2D eigenvalue weighted by atomic mass is 16.6. The second-order valence-corrected chi connectivity index (χ2v) is 5.18. The van der Waals surface area contributed by atoms with Crippen molar-refractivity contribution in [2.45, 2.75) is 6.92 Å². The average Bonchev–Trinajstić information content (AvgIpc) is 2.59. The highest BCUT2D eigenvalue weighted by Gasteiger charge is 2.18. The number of rotatable bonds is 4. The van der Waals surface area contributed by atoms with Crippen LogP contribution in [0.5, 0.6) is 5.75 Å². The molecule has 128 valence electrons. The Kier molecular flexibility index (Phi) is 5.96. The summed E-state index contributed by atoms with van der Waals surface area (Å²) in [5, 5.41) is 14.0. The summed E-state index contributed by atoms with van der Waals surface area (Å²) in [5.74, 6) is 0.259. The molecule has 0 saturated carbocycles. The zero-order valence-electron chi connectivity index (χ0n) is 13.9. The van der Waals surface area contributed by atoms with Gasteiger partial charge in [0.2, 0.25) is 0 Å². The third-order valence-electron chi connectivity index (χ3n) is 3.29. The van der Waals surface area contributed by atoms with Gasteiger partial charge in [0, 0.05) is 24.5 Å². The SMILES string of the molecule is CNC(=O)Nc1cccc(OC(=O)N(CC#N)c2cccc(C)c2)c1. The lowest BCUT2D eigenvalue weighted by Gasteiger charge is -2.19. The number of hydrogen-bond acceptors (Lipinski definition) is 4. The molecule has 2 aromatic carbocycles. The van der Waals surface area contributed by atoms with E-state index in [0.717, 1.165) is 5.56 Å². The summed E-state index contributed by atoms with van der Waals surface area (Å²) in [5.41, 5.74) is 2.02. The Morgan fingerprint density at radius 1 is 1.20 bits per heavy atom. The fourth-order valence-corrected chi connectivity index (χ4v) is 2.11. The molecule has 0 spiro atoms. The number of amides is 3. The molecule has 0 fully saturated rings. The lowest BCUT2D eigenvalue weighted by Crippen LogP contribution is -2.34. The lowest BCUT2D eigenvalue weighted by atomic mass is 10.2. The summed E-state index contributed by atoms with van der Waals surface area (Å²) in [7, 11) is 1.50. The lowest BCUT2D eigenvalue weighted by molar-refractivity contribution is 0.208. The Labute approximate surface area is 145 Å². The van der Waals surface area contributed by atoms with Gasteiger partial charge in [-0.1, -0.05) is 18.2 Å². The second kappa shape index (κ2) is 8.36. The first kappa shape index (κ1) is 17.8. The van der Waals surface area contributed by atoms with E-state index < -0.39 is 6.09 Å². The van der Waals surface area contributed by atoms with E-state index in [4.69, 9.17) is 10.00 Å². The van der Waals surface area contributed by atoms with E-state index in [1.165, 1.54) is 18.0 Å². The first-order chi connectivity index (χ1) is 12.0. The summed E-state index contributed by atoms with van der Waals surface area (Å²) in [6.45, 7) is 1.76. The van der Waals surface area contributed by atoms with Crippen molar-refractivity contribution in [1.82, 2.24) is 5.32 Å². The minimum absolute atomic E-state index is 0.140. The summed E-state index contributed by atoms with van der Waals surface area (Å²) in [6.07, 6.45) is -0.677. The Balaban J connectivity index is 2.17. The normalized spacial score (nSPS) is 9.64. The van der Waals surface area contributed by atoms with E-state index in [0.29, 0.717) is 11.4 Å². The van der Waals surface area contributed by atoms with Crippen molar-refractivity contribution in [2.24, 2.45) is 0 Å². The Morgan fingerprint density at radius 2 is 1.96 bits per heavy atom. The van der Waals surface area contributed by atoms with Gasteiger partial charge >= 0.3 is 12.1 Å². The van der Waals surface area contributed by atoms with Gasteiger partial charge < -0.3 is 15.4 Å². The molecule has 0 heterocycles. The quantitative estimate of drug-likeness (QED) is 0.837. The van der Waals surface area contributed by atoms with Gasteiger partial charge in [0.25, 0.3) is 0 Å². The van der Waals surface area contributed by atoms with E-state index in [2.05, 4.69) is 10.6 Å². The molecule has 2 N–H and O–H groups in total. The van der Waals surface area contributed by atoms with Crippen LogP contribution in [0.3, 0.4) is 0 Å². The maximum atomic E-state index is 12.5. The van der Waals surface area contributed by atoms with Crippen LogP contribution in [0.25, 0.3) is 0 Å². The van der Waals surface area contributed by atoms with Crippen LogP contribution in [0.2, 0.25) is 0 Å². The van der Waals surface area contributed by atoms with Crippen molar-refractivity contribution in [3.63, 3.8) is 0 Å². The number of anilines is 2. The van der Waals surface area contributed by atoms with Crippen LogP contribution in [0.4, 0.5) is 21.0 Å². The van der Waals surface area contributed by atoms with Crippen molar-refractivity contribution >= 4 is 23.5 Å². The Morgan fingerprint density at radius 3 is 2.64 bits per heavy atom. The summed E-state index contributed by atoms with van der Waals surface area (Å²) < 4.78 is 5.34. The molecule has 0 aliphatic heterocycles. The highest BCUT2D eigenvalue weighted by molar-refractivity contribution is 5.91. The van der Waals surface area contributed by atoms with Gasteiger partial charge in [-0.05, 0) is 36.8 Å². The van der Waals surface area contributed by atoms with E-state index in [1.807, 2.05) is 19.1 Å². The molecular formula is C18H18N4O3.